The second-order valence-electron chi connectivity index (χ2n) is 4.62. The summed E-state index contributed by atoms with van der Waals surface area (Å²) in [6, 6.07) is 11.0. The zero-order chi connectivity index (χ0) is 15.9. The van der Waals surface area contributed by atoms with Crippen molar-refractivity contribution >= 4 is 34.8 Å². The van der Waals surface area contributed by atoms with Crippen molar-refractivity contribution in [3.05, 3.63) is 57.2 Å². The fourth-order valence-corrected chi connectivity index (χ4v) is 2.86. The molecule has 0 saturated heterocycles. The summed E-state index contributed by atoms with van der Waals surface area (Å²) in [6.45, 7) is 0.641. The van der Waals surface area contributed by atoms with Crippen LogP contribution in [0.3, 0.4) is 0 Å². The van der Waals surface area contributed by atoms with E-state index in [0.29, 0.717) is 16.4 Å². The van der Waals surface area contributed by atoms with Crippen molar-refractivity contribution in [2.24, 2.45) is 0 Å². The molecule has 0 aliphatic heterocycles. The third kappa shape index (κ3) is 4.32. The van der Waals surface area contributed by atoms with Crippen LogP contribution in [0.15, 0.2) is 41.8 Å². The third-order valence-electron chi connectivity index (χ3n) is 3.15. The Hall–Kier alpha value is -1.85. The van der Waals surface area contributed by atoms with Crippen molar-refractivity contribution in [3.8, 4) is 0 Å². The topological polar surface area (TPSA) is 46.6 Å². The number of amides is 1. The van der Waals surface area contributed by atoms with Crippen molar-refractivity contribution in [2.45, 2.75) is 13.0 Å². The van der Waals surface area contributed by atoms with E-state index in [9.17, 15) is 9.59 Å². The monoisotopic (exact) mass is 337 g/mol. The van der Waals surface area contributed by atoms with E-state index in [1.54, 1.807) is 17.0 Å². The van der Waals surface area contributed by atoms with Gasteiger partial charge in [-0.25, -0.2) is 0 Å². The minimum absolute atomic E-state index is 0.112. The highest BCUT2D eigenvalue weighted by Crippen LogP contribution is 2.20. The van der Waals surface area contributed by atoms with E-state index in [1.807, 2.05) is 29.6 Å². The molecule has 0 saturated carbocycles. The van der Waals surface area contributed by atoms with Crippen LogP contribution in [0.2, 0.25) is 5.02 Å². The minimum Gasteiger partial charge on any atom is -0.469 e. The molecule has 0 atom stereocenters. The van der Waals surface area contributed by atoms with Gasteiger partial charge in [0.05, 0.1) is 18.4 Å². The van der Waals surface area contributed by atoms with Crippen LogP contribution in [0.1, 0.15) is 21.7 Å². The number of halogens is 1. The average molecular weight is 338 g/mol. The Labute approximate surface area is 138 Å². The maximum absolute atomic E-state index is 12.6. The quantitative estimate of drug-likeness (QED) is 0.756. The van der Waals surface area contributed by atoms with Gasteiger partial charge in [0.15, 0.2) is 0 Å². The summed E-state index contributed by atoms with van der Waals surface area (Å²) in [5, 5.41) is 2.45. The molecule has 0 aliphatic carbocycles. The Bertz CT molecular complexity index is 643. The maximum atomic E-state index is 12.6. The predicted octanol–water partition coefficient (Wildman–Crippen LogP) is 3.61. The van der Waals surface area contributed by atoms with Gasteiger partial charge in [-0.05, 0) is 23.1 Å². The maximum Gasteiger partial charge on any atom is 0.307 e. The van der Waals surface area contributed by atoms with Crippen LogP contribution < -0.4 is 0 Å². The number of carbonyl (C=O) groups excluding carboxylic acids is 2. The summed E-state index contributed by atoms with van der Waals surface area (Å²) in [5.74, 6) is -0.457. The second kappa shape index (κ2) is 7.96. The van der Waals surface area contributed by atoms with Crippen LogP contribution in [0.25, 0.3) is 0 Å². The molecule has 1 amide bonds. The predicted molar refractivity (Wildman–Crippen MR) is 87.1 cm³/mol. The standard InChI is InChI=1S/C16H16ClNO3S/c1-21-15(19)8-9-18(16(20)14-7-4-10-22-14)11-12-5-2-3-6-13(12)17/h2-7,10H,8-9,11H2,1H3. The Kier molecular flexibility index (Phi) is 5.98. The molecule has 0 radical (unpaired) electrons. The highest BCUT2D eigenvalue weighted by molar-refractivity contribution is 7.12. The van der Waals surface area contributed by atoms with E-state index >= 15 is 0 Å². The first kappa shape index (κ1) is 16.5. The number of carbonyl (C=O) groups is 2. The molecular weight excluding hydrogens is 322 g/mol. The lowest BCUT2D eigenvalue weighted by molar-refractivity contribution is -0.140. The molecule has 0 aliphatic rings. The SMILES string of the molecule is COC(=O)CCN(Cc1ccccc1Cl)C(=O)c1cccs1. The number of esters is 1. The summed E-state index contributed by atoms with van der Waals surface area (Å²) < 4.78 is 4.64. The van der Waals surface area contributed by atoms with Crippen LogP contribution >= 0.6 is 22.9 Å². The van der Waals surface area contributed by atoms with Crippen molar-refractivity contribution in [2.75, 3.05) is 13.7 Å². The van der Waals surface area contributed by atoms with E-state index in [2.05, 4.69) is 4.74 Å². The van der Waals surface area contributed by atoms with Crippen molar-refractivity contribution < 1.29 is 14.3 Å². The van der Waals surface area contributed by atoms with E-state index in [-0.39, 0.29) is 24.8 Å². The number of hydrogen-bond acceptors (Lipinski definition) is 4. The first-order chi connectivity index (χ1) is 10.6. The van der Waals surface area contributed by atoms with E-state index in [4.69, 9.17) is 11.6 Å². The molecule has 116 valence electrons. The Morgan fingerprint density at radius 3 is 2.64 bits per heavy atom. The number of nitrogens with zero attached hydrogens (tertiary/aromatic N) is 1. The molecular formula is C16H16ClNO3S. The summed E-state index contributed by atoms with van der Waals surface area (Å²) in [4.78, 5) is 26.2. The molecule has 4 nitrogen and oxygen atoms in total. The third-order valence-corrected chi connectivity index (χ3v) is 4.38. The van der Waals surface area contributed by atoms with Gasteiger partial charge in [0.1, 0.15) is 0 Å². The van der Waals surface area contributed by atoms with Crippen LogP contribution in [0, 0.1) is 0 Å². The Morgan fingerprint density at radius 1 is 1.23 bits per heavy atom. The van der Waals surface area contributed by atoms with Gasteiger partial charge < -0.3 is 9.64 Å². The molecule has 6 heteroatoms. The molecule has 0 spiro atoms. The lowest BCUT2D eigenvalue weighted by Crippen LogP contribution is -2.32. The van der Waals surface area contributed by atoms with Crippen LogP contribution in [0.5, 0.6) is 0 Å². The van der Waals surface area contributed by atoms with Crippen molar-refractivity contribution in [1.29, 1.82) is 0 Å². The fourth-order valence-electron chi connectivity index (χ4n) is 1.97. The first-order valence-electron chi connectivity index (χ1n) is 6.75. The lowest BCUT2D eigenvalue weighted by atomic mass is 10.2. The van der Waals surface area contributed by atoms with Crippen LogP contribution in [0.4, 0.5) is 0 Å². The smallest absolute Gasteiger partial charge is 0.307 e. The number of thiophene rings is 1. The number of methoxy groups -OCH3 is 1. The average Bonchev–Trinajstić information content (AvgIpc) is 3.06. The van der Waals surface area contributed by atoms with Gasteiger partial charge in [-0.2, -0.15) is 0 Å². The highest BCUT2D eigenvalue weighted by Gasteiger charge is 2.19. The van der Waals surface area contributed by atoms with Gasteiger partial charge in [-0.1, -0.05) is 35.9 Å². The Morgan fingerprint density at radius 2 is 2.00 bits per heavy atom. The molecule has 22 heavy (non-hydrogen) atoms. The summed E-state index contributed by atoms with van der Waals surface area (Å²) >= 11 is 7.53. The summed E-state index contributed by atoms with van der Waals surface area (Å²) in [7, 11) is 1.34. The number of rotatable bonds is 6. The zero-order valence-corrected chi connectivity index (χ0v) is 13.7. The van der Waals surface area contributed by atoms with Crippen molar-refractivity contribution in [1.82, 2.24) is 4.90 Å². The lowest BCUT2D eigenvalue weighted by Gasteiger charge is -2.22. The largest absolute Gasteiger partial charge is 0.469 e. The van der Waals surface area contributed by atoms with Crippen LogP contribution in [-0.4, -0.2) is 30.4 Å². The van der Waals surface area contributed by atoms with Gasteiger partial charge in [0.25, 0.3) is 5.91 Å². The van der Waals surface area contributed by atoms with Gasteiger partial charge in [0, 0.05) is 18.1 Å². The molecule has 1 aromatic heterocycles. The molecule has 1 heterocycles. The normalized spacial score (nSPS) is 10.3. The van der Waals surface area contributed by atoms with E-state index in [0.717, 1.165) is 5.56 Å². The minimum atomic E-state index is -0.344. The van der Waals surface area contributed by atoms with Gasteiger partial charge in [0.2, 0.25) is 0 Å². The fraction of sp³-hybridized carbons (Fsp3) is 0.250. The van der Waals surface area contributed by atoms with E-state index in [1.165, 1.54) is 18.4 Å². The number of benzene rings is 1. The van der Waals surface area contributed by atoms with Gasteiger partial charge in [-0.3, -0.25) is 9.59 Å². The summed E-state index contributed by atoms with van der Waals surface area (Å²) in [5.41, 5.74) is 0.846. The molecule has 2 rings (SSSR count). The number of ether oxygens (including phenoxy) is 1. The summed E-state index contributed by atoms with van der Waals surface area (Å²) in [6.07, 6.45) is 0.151. The number of hydrogen-bond donors (Lipinski definition) is 0. The molecule has 0 fully saturated rings. The molecule has 0 bridgehead atoms. The Balaban J connectivity index is 2.16. The zero-order valence-electron chi connectivity index (χ0n) is 12.1. The molecule has 2 aromatic rings. The molecule has 1 aromatic carbocycles. The van der Waals surface area contributed by atoms with Crippen LogP contribution in [-0.2, 0) is 16.1 Å². The highest BCUT2D eigenvalue weighted by atomic mass is 35.5. The second-order valence-corrected chi connectivity index (χ2v) is 5.98. The first-order valence-corrected chi connectivity index (χ1v) is 8.00. The van der Waals surface area contributed by atoms with Crippen molar-refractivity contribution in [3.63, 3.8) is 0 Å². The van der Waals surface area contributed by atoms with E-state index < -0.39 is 0 Å². The molecule has 0 unspecified atom stereocenters. The molecule has 0 N–H and O–H groups in total. The van der Waals surface area contributed by atoms with Gasteiger partial charge >= 0.3 is 5.97 Å². The van der Waals surface area contributed by atoms with Gasteiger partial charge in [-0.15, -0.1) is 11.3 Å².